The standard InChI is InChI=1S/C23H30N2O3/c1-28-18-8-15-24-22(26)25-16-13-21(14-17-25)23(27,19-9-4-2-5-10-19)20-11-6-3-7-12-20/h2-7,9-12,21,27H,8,13-18H2,1H3,(H,24,26). The Hall–Kier alpha value is -2.37. The van der Waals surface area contributed by atoms with E-state index in [4.69, 9.17) is 4.74 Å². The fourth-order valence-corrected chi connectivity index (χ4v) is 4.05. The minimum Gasteiger partial charge on any atom is -0.385 e. The van der Waals surface area contributed by atoms with Crippen LogP contribution in [0, 0.1) is 5.92 Å². The van der Waals surface area contributed by atoms with Crippen LogP contribution in [-0.2, 0) is 10.3 Å². The van der Waals surface area contributed by atoms with Crippen LogP contribution in [0.25, 0.3) is 0 Å². The number of nitrogens with one attached hydrogen (secondary N) is 1. The normalized spacial score (nSPS) is 15.4. The van der Waals surface area contributed by atoms with Gasteiger partial charge in [0.15, 0.2) is 0 Å². The van der Waals surface area contributed by atoms with Crippen molar-refractivity contribution in [1.29, 1.82) is 0 Å². The molecule has 1 aliphatic rings. The molecule has 0 aliphatic carbocycles. The van der Waals surface area contributed by atoms with Gasteiger partial charge in [-0.25, -0.2) is 4.79 Å². The van der Waals surface area contributed by atoms with E-state index in [0.717, 1.165) is 30.4 Å². The molecule has 0 saturated carbocycles. The van der Waals surface area contributed by atoms with E-state index >= 15 is 0 Å². The van der Waals surface area contributed by atoms with Crippen molar-refractivity contribution in [2.75, 3.05) is 33.4 Å². The van der Waals surface area contributed by atoms with Crippen molar-refractivity contribution < 1.29 is 14.6 Å². The lowest BCUT2D eigenvalue weighted by atomic mass is 9.72. The van der Waals surface area contributed by atoms with Gasteiger partial charge in [-0.15, -0.1) is 0 Å². The molecule has 150 valence electrons. The molecule has 1 saturated heterocycles. The molecule has 2 aromatic carbocycles. The first-order valence-electron chi connectivity index (χ1n) is 10.0. The highest BCUT2D eigenvalue weighted by atomic mass is 16.5. The van der Waals surface area contributed by atoms with Gasteiger partial charge in [-0.05, 0) is 36.3 Å². The van der Waals surface area contributed by atoms with Crippen molar-refractivity contribution in [3.63, 3.8) is 0 Å². The summed E-state index contributed by atoms with van der Waals surface area (Å²) in [5, 5.41) is 14.8. The van der Waals surface area contributed by atoms with Crippen molar-refractivity contribution >= 4 is 6.03 Å². The minimum absolute atomic E-state index is 0.0301. The lowest BCUT2D eigenvalue weighted by molar-refractivity contribution is -0.00925. The lowest BCUT2D eigenvalue weighted by Gasteiger charge is -2.42. The molecular weight excluding hydrogens is 352 g/mol. The minimum atomic E-state index is -1.05. The van der Waals surface area contributed by atoms with E-state index in [1.54, 1.807) is 7.11 Å². The topological polar surface area (TPSA) is 61.8 Å². The van der Waals surface area contributed by atoms with Crippen molar-refractivity contribution in [1.82, 2.24) is 10.2 Å². The molecule has 5 nitrogen and oxygen atoms in total. The monoisotopic (exact) mass is 382 g/mol. The van der Waals surface area contributed by atoms with Gasteiger partial charge in [0, 0.05) is 33.4 Å². The fraction of sp³-hybridized carbons (Fsp3) is 0.435. The zero-order chi connectivity index (χ0) is 19.8. The molecule has 0 aromatic heterocycles. The highest BCUT2D eigenvalue weighted by Gasteiger charge is 2.41. The van der Waals surface area contributed by atoms with Crippen LogP contribution in [-0.4, -0.2) is 49.4 Å². The number of ether oxygens (including phenoxy) is 1. The number of aliphatic hydroxyl groups is 1. The maximum atomic E-state index is 12.4. The molecule has 1 fully saturated rings. The van der Waals surface area contributed by atoms with Crippen LogP contribution in [0.5, 0.6) is 0 Å². The molecule has 0 radical (unpaired) electrons. The molecule has 1 aliphatic heterocycles. The smallest absolute Gasteiger partial charge is 0.317 e. The average Bonchev–Trinajstić information content (AvgIpc) is 2.77. The van der Waals surface area contributed by atoms with Gasteiger partial charge in [0.05, 0.1) is 0 Å². The van der Waals surface area contributed by atoms with E-state index in [9.17, 15) is 9.90 Å². The summed E-state index contributed by atoms with van der Waals surface area (Å²) in [6.45, 7) is 2.54. The summed E-state index contributed by atoms with van der Waals surface area (Å²) >= 11 is 0. The maximum absolute atomic E-state index is 12.4. The summed E-state index contributed by atoms with van der Waals surface area (Å²) in [7, 11) is 1.66. The van der Waals surface area contributed by atoms with Crippen LogP contribution >= 0.6 is 0 Å². The number of carbonyl (C=O) groups is 1. The number of amides is 2. The second kappa shape index (κ2) is 9.71. The number of hydrogen-bond acceptors (Lipinski definition) is 3. The van der Waals surface area contributed by atoms with Crippen LogP contribution < -0.4 is 5.32 Å². The van der Waals surface area contributed by atoms with Crippen LogP contribution in [0.15, 0.2) is 60.7 Å². The molecule has 2 N–H and O–H groups in total. The Balaban J connectivity index is 1.70. The molecule has 0 unspecified atom stereocenters. The van der Waals surface area contributed by atoms with Crippen LogP contribution in [0.2, 0.25) is 0 Å². The zero-order valence-electron chi connectivity index (χ0n) is 16.5. The first-order valence-corrected chi connectivity index (χ1v) is 10.0. The summed E-state index contributed by atoms with van der Waals surface area (Å²) in [6, 6.07) is 19.7. The van der Waals surface area contributed by atoms with Gasteiger partial charge in [-0.2, -0.15) is 0 Å². The van der Waals surface area contributed by atoms with E-state index in [-0.39, 0.29) is 11.9 Å². The van der Waals surface area contributed by atoms with Crippen molar-refractivity contribution in [3.8, 4) is 0 Å². The number of urea groups is 1. The van der Waals surface area contributed by atoms with Crippen LogP contribution in [0.4, 0.5) is 4.79 Å². The quantitative estimate of drug-likeness (QED) is 0.722. The third kappa shape index (κ3) is 4.54. The summed E-state index contributed by atoms with van der Waals surface area (Å²) in [4.78, 5) is 14.2. The van der Waals surface area contributed by atoms with Crippen molar-refractivity contribution in [2.24, 2.45) is 5.92 Å². The number of benzene rings is 2. The summed E-state index contributed by atoms with van der Waals surface area (Å²) in [6.07, 6.45) is 2.32. The van der Waals surface area contributed by atoms with Gasteiger partial charge in [0.2, 0.25) is 0 Å². The molecule has 2 aromatic rings. The molecular formula is C23H30N2O3. The Labute approximate surface area is 167 Å². The molecule has 1 heterocycles. The SMILES string of the molecule is COCCCNC(=O)N1CCC(C(O)(c2ccccc2)c2ccccc2)CC1. The molecule has 2 amide bonds. The van der Waals surface area contributed by atoms with Gasteiger partial charge in [0.25, 0.3) is 0 Å². The van der Waals surface area contributed by atoms with Gasteiger partial charge in [0.1, 0.15) is 5.60 Å². The number of likely N-dealkylation sites (tertiary alicyclic amines) is 1. The number of nitrogens with zero attached hydrogens (tertiary/aromatic N) is 1. The van der Waals surface area contributed by atoms with E-state index in [0.29, 0.717) is 26.2 Å². The zero-order valence-corrected chi connectivity index (χ0v) is 16.5. The maximum Gasteiger partial charge on any atom is 0.317 e. The average molecular weight is 383 g/mol. The Morgan fingerprint density at radius 3 is 2.11 bits per heavy atom. The Morgan fingerprint density at radius 1 is 1.07 bits per heavy atom. The molecule has 0 spiro atoms. The highest BCUT2D eigenvalue weighted by molar-refractivity contribution is 5.74. The van der Waals surface area contributed by atoms with Crippen LogP contribution in [0.1, 0.15) is 30.4 Å². The summed E-state index contributed by atoms with van der Waals surface area (Å²) in [5.74, 6) is 0.0508. The first-order chi connectivity index (χ1) is 13.7. The molecule has 28 heavy (non-hydrogen) atoms. The molecule has 0 bridgehead atoms. The number of rotatable bonds is 7. The van der Waals surface area contributed by atoms with Gasteiger partial charge < -0.3 is 20.1 Å². The van der Waals surface area contributed by atoms with E-state index in [1.165, 1.54) is 0 Å². The third-order valence-electron chi connectivity index (χ3n) is 5.60. The molecule has 0 atom stereocenters. The number of methoxy groups -OCH3 is 1. The molecule has 5 heteroatoms. The fourth-order valence-electron chi connectivity index (χ4n) is 4.05. The summed E-state index contributed by atoms with van der Waals surface area (Å²) in [5.41, 5.74) is 0.760. The van der Waals surface area contributed by atoms with E-state index in [2.05, 4.69) is 5.32 Å². The van der Waals surface area contributed by atoms with Crippen molar-refractivity contribution in [3.05, 3.63) is 71.8 Å². The lowest BCUT2D eigenvalue weighted by Crippen LogP contribution is -2.49. The number of hydrogen-bond donors (Lipinski definition) is 2. The largest absolute Gasteiger partial charge is 0.385 e. The van der Waals surface area contributed by atoms with Gasteiger partial charge in [-0.3, -0.25) is 0 Å². The van der Waals surface area contributed by atoms with Crippen molar-refractivity contribution in [2.45, 2.75) is 24.9 Å². The number of piperidine rings is 1. The first kappa shape index (κ1) is 20.4. The summed E-state index contributed by atoms with van der Waals surface area (Å²) < 4.78 is 5.01. The predicted octanol–water partition coefficient (Wildman–Crippen LogP) is 3.38. The Kier molecular flexibility index (Phi) is 7.06. The Bertz CT molecular complexity index is 689. The van der Waals surface area contributed by atoms with Crippen LogP contribution in [0.3, 0.4) is 0 Å². The second-order valence-electron chi connectivity index (χ2n) is 7.34. The Morgan fingerprint density at radius 2 is 1.61 bits per heavy atom. The van der Waals surface area contributed by atoms with Gasteiger partial charge in [-0.1, -0.05) is 60.7 Å². The number of carbonyl (C=O) groups excluding carboxylic acids is 1. The molecule has 3 rings (SSSR count). The van der Waals surface area contributed by atoms with E-state index in [1.807, 2.05) is 65.6 Å². The van der Waals surface area contributed by atoms with Gasteiger partial charge >= 0.3 is 6.03 Å². The predicted molar refractivity (Wildman–Crippen MR) is 110 cm³/mol. The highest BCUT2D eigenvalue weighted by Crippen LogP contribution is 2.41. The third-order valence-corrected chi connectivity index (χ3v) is 5.60. The van der Waals surface area contributed by atoms with E-state index < -0.39 is 5.60 Å². The second-order valence-corrected chi connectivity index (χ2v) is 7.34.